The minimum absolute atomic E-state index is 0.0374. The summed E-state index contributed by atoms with van der Waals surface area (Å²) in [5.41, 5.74) is 1.03. The second-order valence-electron chi connectivity index (χ2n) is 5.49. The number of rotatable bonds is 2. The Bertz CT molecular complexity index is 640. The first-order chi connectivity index (χ1) is 9.61. The molecule has 2 nitrogen and oxygen atoms in total. The Hall–Kier alpha value is -2.16. The first-order valence-electron chi connectivity index (χ1n) is 6.70. The van der Waals surface area contributed by atoms with Gasteiger partial charge in [0.15, 0.2) is 0 Å². The Morgan fingerprint density at radius 3 is 2.45 bits per heavy atom. The standard InChI is InChI=1S/C17H16FNO/c1-17(13-9-5-6-10-14(13)18)11-15(20)19-16(17)12-7-3-2-4-8-12/h2-10,16H,11H2,1H3,(H,19,20). The molecule has 3 heteroatoms. The van der Waals surface area contributed by atoms with Crippen LogP contribution in [-0.4, -0.2) is 5.91 Å². The van der Waals surface area contributed by atoms with Crippen LogP contribution in [-0.2, 0) is 10.2 Å². The second-order valence-corrected chi connectivity index (χ2v) is 5.49. The van der Waals surface area contributed by atoms with Crippen LogP contribution in [0.4, 0.5) is 4.39 Å². The molecule has 0 aromatic heterocycles. The van der Waals surface area contributed by atoms with Crippen LogP contribution < -0.4 is 5.32 Å². The summed E-state index contributed by atoms with van der Waals surface area (Å²) in [5.74, 6) is -0.294. The Kier molecular flexibility index (Phi) is 3.05. The normalized spacial score (nSPS) is 25.5. The maximum atomic E-state index is 14.2. The van der Waals surface area contributed by atoms with Gasteiger partial charge in [0, 0.05) is 11.8 Å². The number of halogens is 1. The highest BCUT2D eigenvalue weighted by Crippen LogP contribution is 2.44. The van der Waals surface area contributed by atoms with Crippen LogP contribution in [0.1, 0.15) is 30.5 Å². The third-order valence-electron chi connectivity index (χ3n) is 4.09. The molecule has 1 fully saturated rings. The lowest BCUT2D eigenvalue weighted by Crippen LogP contribution is -2.31. The average Bonchev–Trinajstić information content (AvgIpc) is 2.76. The van der Waals surface area contributed by atoms with E-state index in [1.54, 1.807) is 12.1 Å². The molecule has 102 valence electrons. The smallest absolute Gasteiger partial charge is 0.221 e. The van der Waals surface area contributed by atoms with E-state index < -0.39 is 5.41 Å². The zero-order chi connectivity index (χ0) is 14.2. The van der Waals surface area contributed by atoms with E-state index in [2.05, 4.69) is 5.32 Å². The molecule has 0 spiro atoms. The van der Waals surface area contributed by atoms with Gasteiger partial charge in [0.05, 0.1) is 6.04 Å². The van der Waals surface area contributed by atoms with Crippen molar-refractivity contribution in [2.75, 3.05) is 0 Å². The molecule has 1 saturated heterocycles. The van der Waals surface area contributed by atoms with Crippen molar-refractivity contribution in [2.24, 2.45) is 0 Å². The van der Waals surface area contributed by atoms with Gasteiger partial charge in [-0.3, -0.25) is 4.79 Å². The third kappa shape index (κ3) is 1.99. The first-order valence-corrected chi connectivity index (χ1v) is 6.70. The lowest BCUT2D eigenvalue weighted by Gasteiger charge is -2.31. The van der Waals surface area contributed by atoms with Crippen molar-refractivity contribution >= 4 is 5.91 Å². The SMILES string of the molecule is CC1(c2ccccc2F)CC(=O)NC1c1ccccc1. The predicted octanol–water partition coefficient (Wildman–Crippen LogP) is 3.34. The van der Waals surface area contributed by atoms with Crippen LogP contribution in [0.2, 0.25) is 0 Å². The van der Waals surface area contributed by atoms with Crippen molar-refractivity contribution in [3.8, 4) is 0 Å². The Balaban J connectivity index is 2.10. The fourth-order valence-corrected chi connectivity index (χ4v) is 3.08. The third-order valence-corrected chi connectivity index (χ3v) is 4.09. The van der Waals surface area contributed by atoms with E-state index in [1.165, 1.54) is 6.07 Å². The molecule has 2 unspecified atom stereocenters. The van der Waals surface area contributed by atoms with Gasteiger partial charge in [-0.2, -0.15) is 0 Å². The van der Waals surface area contributed by atoms with Crippen molar-refractivity contribution < 1.29 is 9.18 Å². The van der Waals surface area contributed by atoms with Crippen molar-refractivity contribution in [1.82, 2.24) is 5.32 Å². The first kappa shape index (κ1) is 12.9. The summed E-state index contributed by atoms with van der Waals surface area (Å²) in [6.45, 7) is 1.95. The van der Waals surface area contributed by atoms with Gasteiger partial charge in [0.1, 0.15) is 5.82 Å². The molecule has 3 rings (SSSR count). The van der Waals surface area contributed by atoms with E-state index >= 15 is 0 Å². The van der Waals surface area contributed by atoms with Crippen molar-refractivity contribution in [3.05, 3.63) is 71.5 Å². The zero-order valence-electron chi connectivity index (χ0n) is 11.3. The number of benzene rings is 2. The summed E-state index contributed by atoms with van der Waals surface area (Å²) >= 11 is 0. The fraction of sp³-hybridized carbons (Fsp3) is 0.235. The summed E-state index contributed by atoms with van der Waals surface area (Å²) in [6, 6.07) is 16.2. The molecule has 20 heavy (non-hydrogen) atoms. The van der Waals surface area contributed by atoms with Gasteiger partial charge in [0.2, 0.25) is 5.91 Å². The Labute approximate surface area is 117 Å². The highest BCUT2D eigenvalue weighted by atomic mass is 19.1. The summed E-state index contributed by atoms with van der Waals surface area (Å²) in [4.78, 5) is 11.9. The van der Waals surface area contributed by atoms with E-state index in [1.807, 2.05) is 43.3 Å². The van der Waals surface area contributed by atoms with Crippen molar-refractivity contribution in [3.63, 3.8) is 0 Å². The highest BCUT2D eigenvalue weighted by Gasteiger charge is 2.46. The number of carbonyl (C=O) groups is 1. The van der Waals surface area contributed by atoms with Crippen molar-refractivity contribution in [2.45, 2.75) is 24.8 Å². The number of amides is 1. The number of carbonyl (C=O) groups excluding carboxylic acids is 1. The summed E-state index contributed by atoms with van der Waals surface area (Å²) in [5, 5.41) is 2.98. The van der Waals surface area contributed by atoms with Crippen LogP contribution >= 0.6 is 0 Å². The molecule has 1 aliphatic rings. The molecule has 1 amide bonds. The minimum Gasteiger partial charge on any atom is -0.348 e. The quantitative estimate of drug-likeness (QED) is 0.890. The minimum atomic E-state index is -0.566. The van der Waals surface area contributed by atoms with E-state index in [4.69, 9.17) is 0 Å². The maximum absolute atomic E-state index is 14.2. The van der Waals surface area contributed by atoms with Crippen molar-refractivity contribution in [1.29, 1.82) is 0 Å². The topological polar surface area (TPSA) is 29.1 Å². The monoisotopic (exact) mass is 269 g/mol. The maximum Gasteiger partial charge on any atom is 0.221 e. The highest BCUT2D eigenvalue weighted by molar-refractivity contribution is 5.82. The van der Waals surface area contributed by atoms with Crippen LogP contribution in [0.25, 0.3) is 0 Å². The molecule has 0 saturated carbocycles. The number of nitrogens with one attached hydrogen (secondary N) is 1. The molecule has 0 aliphatic carbocycles. The molecule has 2 aromatic carbocycles. The van der Waals surface area contributed by atoms with Gasteiger partial charge in [-0.1, -0.05) is 55.5 Å². The molecule has 0 radical (unpaired) electrons. The van der Waals surface area contributed by atoms with Gasteiger partial charge >= 0.3 is 0 Å². The molecular weight excluding hydrogens is 253 g/mol. The van der Waals surface area contributed by atoms with E-state index in [0.29, 0.717) is 12.0 Å². The number of hydrogen-bond donors (Lipinski definition) is 1. The van der Waals surface area contributed by atoms with E-state index in [-0.39, 0.29) is 17.8 Å². The zero-order valence-corrected chi connectivity index (χ0v) is 11.3. The van der Waals surface area contributed by atoms with Crippen LogP contribution in [0.3, 0.4) is 0 Å². The molecule has 0 bridgehead atoms. The summed E-state index contributed by atoms with van der Waals surface area (Å²) < 4.78 is 14.2. The molecule has 2 atom stereocenters. The second kappa shape index (κ2) is 4.75. The molecule has 1 heterocycles. The van der Waals surface area contributed by atoms with Crippen LogP contribution in [0, 0.1) is 5.82 Å². The van der Waals surface area contributed by atoms with E-state index in [0.717, 1.165) is 5.56 Å². The van der Waals surface area contributed by atoms with Gasteiger partial charge in [-0.15, -0.1) is 0 Å². The largest absolute Gasteiger partial charge is 0.348 e. The van der Waals surface area contributed by atoms with Gasteiger partial charge in [-0.05, 0) is 17.2 Å². The summed E-state index contributed by atoms with van der Waals surface area (Å²) in [6.07, 6.45) is 0.299. The summed E-state index contributed by atoms with van der Waals surface area (Å²) in [7, 11) is 0. The average molecular weight is 269 g/mol. The van der Waals surface area contributed by atoms with Crippen LogP contribution in [0.5, 0.6) is 0 Å². The van der Waals surface area contributed by atoms with Gasteiger partial charge in [-0.25, -0.2) is 4.39 Å². The predicted molar refractivity (Wildman–Crippen MR) is 75.7 cm³/mol. The lowest BCUT2D eigenvalue weighted by atomic mass is 9.73. The molecule has 2 aromatic rings. The number of hydrogen-bond acceptors (Lipinski definition) is 1. The fourth-order valence-electron chi connectivity index (χ4n) is 3.08. The Morgan fingerprint density at radius 1 is 1.10 bits per heavy atom. The van der Waals surface area contributed by atoms with Gasteiger partial charge < -0.3 is 5.32 Å². The Morgan fingerprint density at radius 2 is 1.75 bits per heavy atom. The van der Waals surface area contributed by atoms with E-state index in [9.17, 15) is 9.18 Å². The van der Waals surface area contributed by atoms with Crippen LogP contribution in [0.15, 0.2) is 54.6 Å². The molecule has 1 N–H and O–H groups in total. The van der Waals surface area contributed by atoms with Gasteiger partial charge in [0.25, 0.3) is 0 Å². The molecule has 1 aliphatic heterocycles. The molecular formula is C17H16FNO. The lowest BCUT2D eigenvalue weighted by molar-refractivity contribution is -0.119.